The first-order valence-electron chi connectivity index (χ1n) is 10.7. The van der Waals surface area contributed by atoms with E-state index in [0.29, 0.717) is 17.7 Å². The minimum Gasteiger partial charge on any atom is -0.462 e. The molecule has 3 heterocycles. The molecule has 0 unspecified atom stereocenters. The Bertz CT molecular complexity index is 1020. The highest BCUT2D eigenvalue weighted by atomic mass is 32.2. The molecule has 0 bridgehead atoms. The third kappa shape index (κ3) is 4.01. The van der Waals surface area contributed by atoms with Crippen LogP contribution in [0.4, 0.5) is 0 Å². The van der Waals surface area contributed by atoms with Gasteiger partial charge in [-0.1, -0.05) is 0 Å². The van der Waals surface area contributed by atoms with Crippen molar-refractivity contribution in [3.63, 3.8) is 0 Å². The molecule has 4 rings (SSSR count). The smallest absolute Gasteiger partial charge is 0.338 e. The van der Waals surface area contributed by atoms with Crippen molar-refractivity contribution in [2.24, 2.45) is 0 Å². The van der Waals surface area contributed by atoms with Crippen LogP contribution in [0.3, 0.4) is 0 Å². The molecular weight excluding hydrogens is 454 g/mol. The molecule has 3 aliphatic rings. The molecule has 2 amide bonds. The third-order valence-electron chi connectivity index (χ3n) is 6.28. The number of sulfonamides is 1. The highest BCUT2D eigenvalue weighted by molar-refractivity contribution is 8.01. The first kappa shape index (κ1) is 23.1. The van der Waals surface area contributed by atoms with Gasteiger partial charge in [0.1, 0.15) is 6.04 Å². The fraction of sp³-hybridized carbons (Fsp3) is 0.571. The summed E-state index contributed by atoms with van der Waals surface area (Å²) in [5.74, 6) is -0.0104. The number of carbonyl (C=O) groups excluding carboxylic acids is 3. The Kier molecular flexibility index (Phi) is 6.25. The number of hydrogen-bond donors (Lipinski definition) is 0. The van der Waals surface area contributed by atoms with Gasteiger partial charge in [-0.2, -0.15) is 4.31 Å². The second kappa shape index (κ2) is 8.68. The van der Waals surface area contributed by atoms with Gasteiger partial charge in [-0.3, -0.25) is 9.59 Å². The minimum atomic E-state index is -3.74. The lowest BCUT2D eigenvalue weighted by molar-refractivity contribution is -0.144. The predicted molar refractivity (Wildman–Crippen MR) is 118 cm³/mol. The topological polar surface area (TPSA) is 104 Å². The Balaban J connectivity index is 1.39. The average molecular weight is 482 g/mol. The van der Waals surface area contributed by atoms with Gasteiger partial charge in [0.15, 0.2) is 0 Å². The van der Waals surface area contributed by atoms with E-state index in [-0.39, 0.29) is 54.4 Å². The van der Waals surface area contributed by atoms with E-state index in [1.807, 2.05) is 6.92 Å². The van der Waals surface area contributed by atoms with Crippen molar-refractivity contribution in [3.8, 4) is 0 Å². The summed E-state index contributed by atoms with van der Waals surface area (Å²) >= 11 is 1.65. The molecule has 9 nitrogen and oxygen atoms in total. The summed E-state index contributed by atoms with van der Waals surface area (Å²) in [6, 6.07) is 5.20. The molecule has 11 heteroatoms. The van der Waals surface area contributed by atoms with Crippen LogP contribution < -0.4 is 0 Å². The van der Waals surface area contributed by atoms with Crippen LogP contribution in [0.25, 0.3) is 0 Å². The number of fused-ring (bicyclic) bond motifs is 1. The largest absolute Gasteiger partial charge is 0.462 e. The van der Waals surface area contributed by atoms with Crippen molar-refractivity contribution >= 4 is 39.6 Å². The first-order chi connectivity index (χ1) is 15.2. The van der Waals surface area contributed by atoms with Crippen LogP contribution >= 0.6 is 11.8 Å². The molecule has 0 spiro atoms. The van der Waals surface area contributed by atoms with Crippen LogP contribution in [-0.4, -0.2) is 89.8 Å². The number of nitrogens with zero attached hydrogens (tertiary/aromatic N) is 3. The zero-order chi connectivity index (χ0) is 23.1. The fourth-order valence-electron chi connectivity index (χ4n) is 4.49. The molecule has 1 aromatic carbocycles. The van der Waals surface area contributed by atoms with Crippen LogP contribution in [0, 0.1) is 0 Å². The molecule has 32 heavy (non-hydrogen) atoms. The van der Waals surface area contributed by atoms with E-state index in [2.05, 4.69) is 0 Å². The van der Waals surface area contributed by atoms with E-state index in [4.69, 9.17) is 4.74 Å². The van der Waals surface area contributed by atoms with Gasteiger partial charge < -0.3 is 14.5 Å². The van der Waals surface area contributed by atoms with Gasteiger partial charge in [0, 0.05) is 38.4 Å². The van der Waals surface area contributed by atoms with E-state index in [9.17, 15) is 22.8 Å². The van der Waals surface area contributed by atoms with Gasteiger partial charge in [-0.25, -0.2) is 13.2 Å². The van der Waals surface area contributed by atoms with Crippen molar-refractivity contribution in [1.29, 1.82) is 0 Å². The molecule has 0 saturated carbocycles. The van der Waals surface area contributed by atoms with E-state index < -0.39 is 22.0 Å². The molecule has 0 aliphatic carbocycles. The van der Waals surface area contributed by atoms with Crippen molar-refractivity contribution < 1.29 is 27.5 Å². The van der Waals surface area contributed by atoms with Gasteiger partial charge in [0.2, 0.25) is 21.8 Å². The number of rotatable bonds is 5. The molecule has 2 atom stereocenters. The normalized spacial score (nSPS) is 26.3. The maximum absolute atomic E-state index is 13.1. The van der Waals surface area contributed by atoms with Crippen LogP contribution in [0.1, 0.15) is 37.0 Å². The summed E-state index contributed by atoms with van der Waals surface area (Å²) in [6.07, 6.45) is 1.22. The number of piperazine rings is 1. The number of benzene rings is 1. The number of carbonyl (C=O) groups is 3. The Morgan fingerprint density at radius 3 is 2.44 bits per heavy atom. The van der Waals surface area contributed by atoms with E-state index >= 15 is 0 Å². The van der Waals surface area contributed by atoms with Crippen LogP contribution in [0.5, 0.6) is 0 Å². The van der Waals surface area contributed by atoms with Gasteiger partial charge in [-0.05, 0) is 44.5 Å². The van der Waals surface area contributed by atoms with Crippen LogP contribution in [0.2, 0.25) is 0 Å². The van der Waals surface area contributed by atoms with Gasteiger partial charge in [0.25, 0.3) is 0 Å². The van der Waals surface area contributed by atoms with Crippen LogP contribution in [-0.2, 0) is 24.3 Å². The van der Waals surface area contributed by atoms with Crippen LogP contribution in [0.15, 0.2) is 29.2 Å². The molecule has 0 aromatic heterocycles. The second-order valence-corrected chi connectivity index (χ2v) is 11.7. The summed E-state index contributed by atoms with van der Waals surface area (Å²) in [5.41, 5.74) is 0.291. The zero-order valence-electron chi connectivity index (χ0n) is 18.2. The lowest BCUT2D eigenvalue weighted by Gasteiger charge is -2.37. The SMILES string of the molecule is CCOC(=O)c1ccc(S(=O)(=O)N2CCN(C(=O)[C@H]3CS[C@]4(C)CCC(=O)N34)CC2)cc1. The summed E-state index contributed by atoms with van der Waals surface area (Å²) in [5, 5.41) is 0. The molecule has 1 aromatic rings. The lowest BCUT2D eigenvalue weighted by Crippen LogP contribution is -2.56. The molecule has 0 radical (unpaired) electrons. The highest BCUT2D eigenvalue weighted by Crippen LogP contribution is 2.47. The molecule has 174 valence electrons. The highest BCUT2D eigenvalue weighted by Gasteiger charge is 2.53. The Labute approximate surface area is 192 Å². The monoisotopic (exact) mass is 481 g/mol. The van der Waals surface area contributed by atoms with E-state index in [1.165, 1.54) is 28.6 Å². The predicted octanol–water partition coefficient (Wildman–Crippen LogP) is 1.15. The summed E-state index contributed by atoms with van der Waals surface area (Å²) in [6.45, 7) is 4.86. The number of amides is 2. The second-order valence-electron chi connectivity index (χ2n) is 8.24. The Morgan fingerprint density at radius 1 is 1.16 bits per heavy atom. The number of thioether (sulfide) groups is 1. The Hall–Kier alpha value is -2.11. The third-order valence-corrected chi connectivity index (χ3v) is 9.70. The number of ether oxygens (including phenoxy) is 1. The maximum Gasteiger partial charge on any atom is 0.338 e. The molecule has 0 N–H and O–H groups in total. The summed E-state index contributed by atoms with van der Waals surface area (Å²) in [4.78, 5) is 40.4. The zero-order valence-corrected chi connectivity index (χ0v) is 19.8. The summed E-state index contributed by atoms with van der Waals surface area (Å²) < 4.78 is 32.3. The lowest BCUT2D eigenvalue weighted by atomic mass is 10.2. The van der Waals surface area contributed by atoms with Gasteiger partial charge in [-0.15, -0.1) is 11.8 Å². The quantitative estimate of drug-likeness (QED) is 0.581. The first-order valence-corrected chi connectivity index (χ1v) is 13.1. The van der Waals surface area contributed by atoms with Crippen molar-refractivity contribution in [1.82, 2.24) is 14.1 Å². The van der Waals surface area contributed by atoms with E-state index in [1.54, 1.807) is 28.5 Å². The molecular formula is C21H27N3O6S2. The molecule has 3 aliphatic heterocycles. The molecule has 3 fully saturated rings. The Morgan fingerprint density at radius 2 is 1.81 bits per heavy atom. The standard InChI is InChI=1S/C21H27N3O6S2/c1-3-30-20(27)15-4-6-16(7-5-15)32(28,29)23-12-10-22(11-13-23)19(26)17-14-31-21(2)9-8-18(25)24(17)21/h4-7,17H,3,8-14H2,1-2H3/t17-,21-/m1/s1. The average Bonchev–Trinajstić information content (AvgIpc) is 3.29. The number of esters is 1. The fourth-order valence-corrected chi connectivity index (χ4v) is 7.33. The van der Waals surface area contributed by atoms with Crippen molar-refractivity contribution in [2.75, 3.05) is 38.5 Å². The number of hydrogen-bond acceptors (Lipinski definition) is 7. The van der Waals surface area contributed by atoms with Crippen molar-refractivity contribution in [2.45, 2.75) is 42.5 Å². The maximum atomic E-state index is 13.1. The van der Waals surface area contributed by atoms with E-state index in [0.717, 1.165) is 6.42 Å². The minimum absolute atomic E-state index is 0.0170. The van der Waals surface area contributed by atoms with Crippen molar-refractivity contribution in [3.05, 3.63) is 29.8 Å². The van der Waals surface area contributed by atoms with Gasteiger partial charge >= 0.3 is 5.97 Å². The molecule has 3 saturated heterocycles. The summed E-state index contributed by atoms with van der Waals surface area (Å²) in [7, 11) is -3.74. The van der Waals surface area contributed by atoms with Gasteiger partial charge in [0.05, 0.1) is 21.9 Å².